The highest BCUT2D eigenvalue weighted by Crippen LogP contribution is 2.32. The molecular weight excluding hydrogens is 540 g/mol. The van der Waals surface area contributed by atoms with Gasteiger partial charge in [0.2, 0.25) is 5.91 Å². The number of carbonyl (C=O) groups is 1. The second-order valence-electron chi connectivity index (χ2n) is 12.6. The van der Waals surface area contributed by atoms with Crippen LogP contribution in [-0.4, -0.2) is 82.4 Å². The number of nitrogens with zero attached hydrogens (tertiary/aromatic N) is 5. The molecule has 2 aromatic rings. The Bertz CT molecular complexity index is 1370. The quantitative estimate of drug-likeness (QED) is 0.440. The van der Waals surface area contributed by atoms with E-state index >= 15 is 0 Å². The zero-order valence-electron chi connectivity index (χ0n) is 26.6. The summed E-state index contributed by atoms with van der Waals surface area (Å²) in [5.41, 5.74) is 4.54. The number of carbonyl (C=O) groups excluding carboxylic acids is 1. The molecule has 43 heavy (non-hydrogen) atoms. The molecule has 0 radical (unpaired) electrons. The number of allylic oxidation sites excluding steroid dienone is 2. The molecule has 1 aromatic heterocycles. The summed E-state index contributed by atoms with van der Waals surface area (Å²) in [5.74, 6) is 2.44. The van der Waals surface area contributed by atoms with Crippen LogP contribution in [0.3, 0.4) is 0 Å². The van der Waals surface area contributed by atoms with Crippen molar-refractivity contribution in [2.75, 3.05) is 39.4 Å². The fourth-order valence-corrected chi connectivity index (χ4v) is 6.44. The zero-order valence-corrected chi connectivity index (χ0v) is 26.6. The summed E-state index contributed by atoms with van der Waals surface area (Å²) in [4.78, 5) is 23.4. The zero-order chi connectivity index (χ0) is 30.6. The van der Waals surface area contributed by atoms with Crippen LogP contribution < -0.4 is 10.1 Å². The largest absolute Gasteiger partial charge is 0.491 e. The number of amides is 1. The minimum atomic E-state index is -0.547. The van der Waals surface area contributed by atoms with Gasteiger partial charge in [-0.3, -0.25) is 9.48 Å². The highest BCUT2D eigenvalue weighted by Gasteiger charge is 2.46. The van der Waals surface area contributed by atoms with E-state index in [-0.39, 0.29) is 12.0 Å². The topological polar surface area (TPSA) is 84.2 Å². The molecule has 3 aliphatic rings. The molecule has 0 saturated carbocycles. The van der Waals surface area contributed by atoms with E-state index in [4.69, 9.17) is 19.6 Å². The first kappa shape index (κ1) is 31.0. The first-order valence-corrected chi connectivity index (χ1v) is 15.7. The summed E-state index contributed by atoms with van der Waals surface area (Å²) >= 11 is 0. The van der Waals surface area contributed by atoms with Crippen LogP contribution >= 0.6 is 0 Å². The van der Waals surface area contributed by atoms with E-state index in [9.17, 15) is 4.79 Å². The molecular formula is C34H48N6O3. The molecule has 232 valence electrons. The molecule has 0 bridgehead atoms. The number of amidine groups is 1. The Morgan fingerprint density at radius 2 is 1.98 bits per heavy atom. The number of rotatable bonds is 8. The van der Waals surface area contributed by atoms with Gasteiger partial charge in [-0.05, 0) is 70.2 Å². The van der Waals surface area contributed by atoms with Gasteiger partial charge >= 0.3 is 0 Å². The number of aliphatic imine (C=N–C) groups is 1. The summed E-state index contributed by atoms with van der Waals surface area (Å²) in [7, 11) is 1.93. The van der Waals surface area contributed by atoms with E-state index in [0.29, 0.717) is 32.2 Å². The van der Waals surface area contributed by atoms with Crippen molar-refractivity contribution in [1.29, 1.82) is 0 Å². The van der Waals surface area contributed by atoms with Gasteiger partial charge in [0, 0.05) is 50.9 Å². The molecule has 4 heterocycles. The molecule has 2 saturated heterocycles. The Morgan fingerprint density at radius 1 is 1.19 bits per heavy atom. The molecule has 9 heteroatoms. The number of hydrogen-bond donors (Lipinski definition) is 1. The third-order valence-corrected chi connectivity index (χ3v) is 8.76. The molecule has 5 rings (SSSR count). The number of nitrogens with one attached hydrogen (secondary N) is 1. The number of piperazine rings is 1. The minimum absolute atomic E-state index is 0.174. The molecule has 1 aromatic carbocycles. The fourth-order valence-electron chi connectivity index (χ4n) is 6.44. The monoisotopic (exact) mass is 588 g/mol. The highest BCUT2D eigenvalue weighted by atomic mass is 16.5. The number of aromatic nitrogens is 2. The van der Waals surface area contributed by atoms with Gasteiger partial charge in [-0.2, -0.15) is 5.10 Å². The van der Waals surface area contributed by atoms with Crippen molar-refractivity contribution in [1.82, 2.24) is 24.9 Å². The number of likely N-dealkylation sites (tertiary alicyclic amines) is 1. The first-order valence-electron chi connectivity index (χ1n) is 15.7. The number of piperidine rings is 1. The minimum Gasteiger partial charge on any atom is -0.491 e. The number of hydrogen-bond acceptors (Lipinski definition) is 7. The maximum atomic E-state index is 14.1. The Morgan fingerprint density at radius 3 is 2.74 bits per heavy atom. The van der Waals surface area contributed by atoms with Gasteiger partial charge in [-0.25, -0.2) is 4.99 Å². The molecule has 1 atom stereocenters. The number of benzene rings is 1. The molecule has 2 fully saturated rings. The van der Waals surface area contributed by atoms with Crippen LogP contribution in [0.4, 0.5) is 0 Å². The second kappa shape index (κ2) is 13.5. The maximum absolute atomic E-state index is 14.1. The number of ether oxygens (including phenoxy) is 2. The van der Waals surface area contributed by atoms with E-state index in [1.807, 2.05) is 54.9 Å². The molecule has 1 unspecified atom stereocenters. The Labute approximate surface area is 256 Å². The lowest BCUT2D eigenvalue weighted by atomic mass is 9.83. The van der Waals surface area contributed by atoms with Gasteiger partial charge in [0.25, 0.3) is 0 Å². The molecule has 9 nitrogen and oxygen atoms in total. The van der Waals surface area contributed by atoms with Crippen molar-refractivity contribution in [2.24, 2.45) is 18.0 Å². The molecule has 3 aliphatic heterocycles. The Hall–Kier alpha value is -3.43. The summed E-state index contributed by atoms with van der Waals surface area (Å²) in [6.07, 6.45) is 7.95. The van der Waals surface area contributed by atoms with Crippen LogP contribution in [0.15, 0.2) is 59.4 Å². The fraction of sp³-hybridized carbons (Fsp3) is 0.559. The van der Waals surface area contributed by atoms with Crippen molar-refractivity contribution in [3.8, 4) is 16.9 Å². The van der Waals surface area contributed by atoms with Crippen molar-refractivity contribution in [3.63, 3.8) is 0 Å². The molecule has 0 aliphatic carbocycles. The Balaban J connectivity index is 1.26. The summed E-state index contributed by atoms with van der Waals surface area (Å²) < 4.78 is 13.4. The van der Waals surface area contributed by atoms with Gasteiger partial charge in [0.05, 0.1) is 30.6 Å². The van der Waals surface area contributed by atoms with Crippen molar-refractivity contribution in [2.45, 2.75) is 71.6 Å². The highest BCUT2D eigenvalue weighted by molar-refractivity contribution is 5.89. The Kier molecular flexibility index (Phi) is 9.72. The maximum Gasteiger partial charge on any atom is 0.243 e. The van der Waals surface area contributed by atoms with Crippen molar-refractivity contribution < 1.29 is 14.3 Å². The van der Waals surface area contributed by atoms with Crippen molar-refractivity contribution >= 4 is 11.7 Å². The van der Waals surface area contributed by atoms with Gasteiger partial charge in [0.15, 0.2) is 0 Å². The van der Waals surface area contributed by atoms with Gasteiger partial charge in [-0.15, -0.1) is 0 Å². The van der Waals surface area contributed by atoms with Crippen LogP contribution in [0.5, 0.6) is 5.75 Å². The third kappa shape index (κ3) is 7.39. The van der Waals surface area contributed by atoms with Gasteiger partial charge in [-0.1, -0.05) is 31.2 Å². The molecule has 1 amide bonds. The van der Waals surface area contributed by atoms with Crippen LogP contribution in [-0.2, 0) is 23.1 Å². The second-order valence-corrected chi connectivity index (χ2v) is 12.6. The lowest BCUT2D eigenvalue weighted by molar-refractivity contribution is -0.144. The normalized spacial score (nSPS) is 22.3. The lowest BCUT2D eigenvalue weighted by Gasteiger charge is -2.48. The molecule has 1 spiro atoms. The van der Waals surface area contributed by atoms with Crippen molar-refractivity contribution in [3.05, 3.63) is 60.1 Å². The third-order valence-electron chi connectivity index (χ3n) is 8.76. The smallest absolute Gasteiger partial charge is 0.243 e. The van der Waals surface area contributed by atoms with E-state index in [1.54, 1.807) is 0 Å². The van der Waals surface area contributed by atoms with E-state index in [2.05, 4.69) is 42.8 Å². The first-order chi connectivity index (χ1) is 20.6. The summed E-state index contributed by atoms with van der Waals surface area (Å²) in [5, 5.41) is 8.41. The van der Waals surface area contributed by atoms with Gasteiger partial charge in [0.1, 0.15) is 23.7 Å². The average molecular weight is 589 g/mol. The standard InChI is InChI=1S/C34H48N6O3/c1-24(2)42-18-19-43-29-9-7-8-28(21-29)30-22-38(6)37-31(30)23-40-17-14-35-34(33(40)41)12-15-39(16-13-34)32-26(4)11-10-25(3)20-27(5)36-32/h7-9,20-22,24,26,35H,5,10-19,23H2,1-4,6H3/b25-20-,36-32?. The predicted octanol–water partition coefficient (Wildman–Crippen LogP) is 4.95. The van der Waals surface area contributed by atoms with E-state index < -0.39 is 5.54 Å². The summed E-state index contributed by atoms with van der Waals surface area (Å²) in [6, 6.07) is 8.07. The van der Waals surface area contributed by atoms with E-state index in [0.717, 1.165) is 79.4 Å². The average Bonchev–Trinajstić information content (AvgIpc) is 3.35. The van der Waals surface area contributed by atoms with Crippen LogP contribution in [0.25, 0.3) is 11.1 Å². The van der Waals surface area contributed by atoms with E-state index in [1.165, 1.54) is 5.57 Å². The summed E-state index contributed by atoms with van der Waals surface area (Å²) in [6.45, 7) is 17.2. The van der Waals surface area contributed by atoms with Gasteiger partial charge < -0.3 is 24.6 Å². The van der Waals surface area contributed by atoms with Crippen LogP contribution in [0.1, 0.15) is 59.1 Å². The van der Waals surface area contributed by atoms with Crippen LogP contribution in [0, 0.1) is 5.92 Å². The molecule has 1 N–H and O–H groups in total. The predicted molar refractivity (Wildman–Crippen MR) is 171 cm³/mol. The SMILES string of the molecule is C=C1/C=C(/C)CCC(C)C(N2CCC3(CC2)NCCN(Cc2nn(C)cc2-c2cccc(OCCOC(C)C)c2)C3=O)=N1. The lowest BCUT2D eigenvalue weighted by Crippen LogP contribution is -2.67. The number of aryl methyl sites for hydroxylation is 1. The van der Waals surface area contributed by atoms with Crippen LogP contribution in [0.2, 0.25) is 0 Å².